The number of fused-ring (bicyclic) bond motifs is 1. The fraction of sp³-hybridized carbons (Fsp3) is 0.438. The van der Waals surface area contributed by atoms with E-state index >= 15 is 0 Å². The normalized spacial score (nSPS) is 14.6. The molecule has 2 aromatic rings. The van der Waals surface area contributed by atoms with Gasteiger partial charge in [-0.2, -0.15) is 0 Å². The average Bonchev–Trinajstić information content (AvgIpc) is 2.38. The van der Waals surface area contributed by atoms with Crippen molar-refractivity contribution in [2.24, 2.45) is 5.92 Å². The summed E-state index contributed by atoms with van der Waals surface area (Å²) in [4.78, 5) is 5.25. The van der Waals surface area contributed by atoms with E-state index in [1.54, 1.807) is 0 Å². The molecule has 0 saturated carbocycles. The molecule has 0 aliphatic carbocycles. The van der Waals surface area contributed by atoms with Gasteiger partial charge in [-0.05, 0) is 24.5 Å². The SMILES string of the molecule is CCC(C)CC(Br)Cc1ccc2ccccc2n1. The predicted octanol–water partition coefficient (Wildman–Crippen LogP) is 4.98. The minimum Gasteiger partial charge on any atom is -0.253 e. The Morgan fingerprint density at radius 1 is 1.17 bits per heavy atom. The molecular weight excluding hydrogens is 286 g/mol. The Kier molecular flexibility index (Phi) is 4.76. The maximum Gasteiger partial charge on any atom is 0.0705 e. The van der Waals surface area contributed by atoms with Gasteiger partial charge in [-0.25, -0.2) is 0 Å². The van der Waals surface area contributed by atoms with Crippen LogP contribution >= 0.6 is 15.9 Å². The van der Waals surface area contributed by atoms with Gasteiger partial charge in [-0.3, -0.25) is 4.98 Å². The zero-order chi connectivity index (χ0) is 13.0. The van der Waals surface area contributed by atoms with Gasteiger partial charge in [-0.15, -0.1) is 0 Å². The summed E-state index contributed by atoms with van der Waals surface area (Å²) in [6.45, 7) is 4.56. The van der Waals surface area contributed by atoms with Crippen LogP contribution in [0, 0.1) is 5.92 Å². The third-order valence-corrected chi connectivity index (χ3v) is 4.14. The molecule has 1 heterocycles. The van der Waals surface area contributed by atoms with Gasteiger partial charge in [-0.1, -0.05) is 60.5 Å². The van der Waals surface area contributed by atoms with Gasteiger partial charge in [0.05, 0.1) is 5.52 Å². The lowest BCUT2D eigenvalue weighted by atomic mass is 10.0. The molecule has 18 heavy (non-hydrogen) atoms. The summed E-state index contributed by atoms with van der Waals surface area (Å²) >= 11 is 3.78. The molecule has 1 aromatic carbocycles. The number of hydrogen-bond donors (Lipinski definition) is 0. The first-order valence-corrected chi connectivity index (χ1v) is 7.59. The Morgan fingerprint density at radius 2 is 1.94 bits per heavy atom. The van der Waals surface area contributed by atoms with Crippen molar-refractivity contribution < 1.29 is 0 Å². The summed E-state index contributed by atoms with van der Waals surface area (Å²) in [5, 5.41) is 1.22. The molecular formula is C16H20BrN. The van der Waals surface area contributed by atoms with Crippen LogP contribution in [0.25, 0.3) is 10.9 Å². The minimum absolute atomic E-state index is 0.529. The molecule has 0 radical (unpaired) electrons. The highest BCUT2D eigenvalue weighted by molar-refractivity contribution is 9.09. The maximum atomic E-state index is 4.72. The Hall–Kier alpha value is -0.890. The molecule has 96 valence electrons. The lowest BCUT2D eigenvalue weighted by molar-refractivity contribution is 0.506. The molecule has 0 aliphatic rings. The quantitative estimate of drug-likeness (QED) is 0.710. The average molecular weight is 306 g/mol. The van der Waals surface area contributed by atoms with E-state index in [1.807, 2.05) is 6.07 Å². The largest absolute Gasteiger partial charge is 0.253 e. The highest BCUT2D eigenvalue weighted by Gasteiger charge is 2.10. The molecule has 2 unspecified atom stereocenters. The number of hydrogen-bond acceptors (Lipinski definition) is 1. The van der Waals surface area contributed by atoms with Crippen LogP contribution in [0.4, 0.5) is 0 Å². The molecule has 1 aromatic heterocycles. The molecule has 0 aliphatic heterocycles. The van der Waals surface area contributed by atoms with Gasteiger partial charge in [0.1, 0.15) is 0 Å². The summed E-state index contributed by atoms with van der Waals surface area (Å²) in [6.07, 6.45) is 3.47. The minimum atomic E-state index is 0.529. The summed E-state index contributed by atoms with van der Waals surface area (Å²) in [7, 11) is 0. The van der Waals surface area contributed by atoms with Gasteiger partial charge in [0, 0.05) is 22.3 Å². The van der Waals surface area contributed by atoms with Crippen LogP contribution in [0.1, 0.15) is 32.4 Å². The first-order valence-electron chi connectivity index (χ1n) is 6.67. The van der Waals surface area contributed by atoms with E-state index in [-0.39, 0.29) is 0 Å². The number of benzene rings is 1. The first-order chi connectivity index (χ1) is 8.69. The smallest absolute Gasteiger partial charge is 0.0705 e. The second kappa shape index (κ2) is 6.33. The first kappa shape index (κ1) is 13.5. The highest BCUT2D eigenvalue weighted by atomic mass is 79.9. The van der Waals surface area contributed by atoms with E-state index in [9.17, 15) is 0 Å². The van der Waals surface area contributed by atoms with E-state index in [4.69, 9.17) is 4.98 Å². The maximum absolute atomic E-state index is 4.72. The van der Waals surface area contributed by atoms with Crippen LogP contribution in [0.3, 0.4) is 0 Å². The fourth-order valence-electron chi connectivity index (χ4n) is 2.14. The molecule has 1 nitrogen and oxygen atoms in total. The summed E-state index contributed by atoms with van der Waals surface area (Å²) in [6, 6.07) is 12.6. The molecule has 0 fully saturated rings. The zero-order valence-corrected chi connectivity index (χ0v) is 12.7. The highest BCUT2D eigenvalue weighted by Crippen LogP contribution is 2.20. The van der Waals surface area contributed by atoms with Crippen molar-refractivity contribution in [3.05, 3.63) is 42.1 Å². The number of rotatable bonds is 5. The summed E-state index contributed by atoms with van der Waals surface area (Å²) in [5.41, 5.74) is 2.28. The number of halogens is 1. The van der Waals surface area contributed by atoms with Gasteiger partial charge in [0.2, 0.25) is 0 Å². The van der Waals surface area contributed by atoms with Gasteiger partial charge >= 0.3 is 0 Å². The molecule has 0 spiro atoms. The van der Waals surface area contributed by atoms with Crippen molar-refractivity contribution in [2.45, 2.75) is 37.9 Å². The number of alkyl halides is 1. The lowest BCUT2D eigenvalue weighted by Gasteiger charge is -2.14. The molecule has 2 atom stereocenters. The second-order valence-corrected chi connectivity index (χ2v) is 6.34. The number of pyridine rings is 1. The van der Waals surface area contributed by atoms with Gasteiger partial charge in [0.25, 0.3) is 0 Å². The van der Waals surface area contributed by atoms with Crippen molar-refractivity contribution >= 4 is 26.8 Å². The van der Waals surface area contributed by atoms with E-state index in [2.05, 4.69) is 60.1 Å². The molecule has 0 bridgehead atoms. The van der Waals surface area contributed by atoms with E-state index in [1.165, 1.54) is 23.9 Å². The van der Waals surface area contributed by atoms with Crippen molar-refractivity contribution in [3.8, 4) is 0 Å². The number of aromatic nitrogens is 1. The zero-order valence-electron chi connectivity index (χ0n) is 11.1. The van der Waals surface area contributed by atoms with Gasteiger partial charge in [0.15, 0.2) is 0 Å². The summed E-state index contributed by atoms with van der Waals surface area (Å²) in [5.74, 6) is 0.773. The lowest BCUT2D eigenvalue weighted by Crippen LogP contribution is -2.09. The Labute approximate surface area is 118 Å². The fourth-order valence-corrected chi connectivity index (χ4v) is 3.11. The number of para-hydroxylation sites is 1. The van der Waals surface area contributed by atoms with Gasteiger partial charge < -0.3 is 0 Å². The second-order valence-electron chi connectivity index (χ2n) is 5.05. The van der Waals surface area contributed by atoms with Crippen LogP contribution in [0.15, 0.2) is 36.4 Å². The van der Waals surface area contributed by atoms with Crippen LogP contribution in [0.5, 0.6) is 0 Å². The standard InChI is InChI=1S/C16H20BrN/c1-3-12(2)10-14(17)11-15-9-8-13-6-4-5-7-16(13)18-15/h4-9,12,14H,3,10-11H2,1-2H3. The topological polar surface area (TPSA) is 12.9 Å². The van der Waals surface area contributed by atoms with Crippen molar-refractivity contribution in [3.63, 3.8) is 0 Å². The van der Waals surface area contributed by atoms with Crippen molar-refractivity contribution in [1.82, 2.24) is 4.98 Å². The third-order valence-electron chi connectivity index (χ3n) is 3.44. The van der Waals surface area contributed by atoms with Crippen LogP contribution in [-0.4, -0.2) is 9.81 Å². The van der Waals surface area contributed by atoms with Crippen LogP contribution in [-0.2, 0) is 6.42 Å². The van der Waals surface area contributed by atoms with Crippen molar-refractivity contribution in [2.75, 3.05) is 0 Å². The monoisotopic (exact) mass is 305 g/mol. The van der Waals surface area contributed by atoms with Crippen LogP contribution in [0.2, 0.25) is 0 Å². The van der Waals surface area contributed by atoms with Crippen molar-refractivity contribution in [1.29, 1.82) is 0 Å². The Bertz CT molecular complexity index is 509. The third kappa shape index (κ3) is 3.55. The van der Waals surface area contributed by atoms with E-state index in [0.717, 1.165) is 17.9 Å². The predicted molar refractivity (Wildman–Crippen MR) is 82.2 cm³/mol. The van der Waals surface area contributed by atoms with E-state index < -0.39 is 0 Å². The van der Waals surface area contributed by atoms with Crippen LogP contribution < -0.4 is 0 Å². The Morgan fingerprint density at radius 3 is 2.72 bits per heavy atom. The molecule has 2 rings (SSSR count). The number of nitrogens with zero attached hydrogens (tertiary/aromatic N) is 1. The van der Waals surface area contributed by atoms with E-state index in [0.29, 0.717) is 4.83 Å². The molecule has 0 amide bonds. The molecule has 0 saturated heterocycles. The summed E-state index contributed by atoms with van der Waals surface area (Å²) < 4.78 is 0. The Balaban J connectivity index is 2.07. The molecule has 0 N–H and O–H groups in total. The molecule has 2 heteroatoms.